The maximum absolute atomic E-state index is 13.2. The Labute approximate surface area is 181 Å². The van der Waals surface area contributed by atoms with Crippen LogP contribution in [0.15, 0.2) is 76.1 Å². The number of halogens is 2. The highest BCUT2D eigenvalue weighted by Gasteiger charge is 2.14. The van der Waals surface area contributed by atoms with E-state index < -0.39 is 5.82 Å². The molecule has 0 aliphatic carbocycles. The summed E-state index contributed by atoms with van der Waals surface area (Å²) in [6, 6.07) is 18.6. The number of hydrogen-bond acceptors (Lipinski definition) is 3. The van der Waals surface area contributed by atoms with Gasteiger partial charge in [0.1, 0.15) is 5.82 Å². The van der Waals surface area contributed by atoms with Crippen molar-refractivity contribution in [2.45, 2.75) is 11.8 Å². The Morgan fingerprint density at radius 3 is 2.45 bits per heavy atom. The van der Waals surface area contributed by atoms with Gasteiger partial charge in [0.2, 0.25) is 5.91 Å². The molecule has 2 N–H and O–H groups in total. The standard InChI is InChI=1S/C22H18BrFN2O2S/c1-14-6-9-16(10-7-14)25-21(27)13-29-20-5-3-2-4-17(20)22(28)26-19-11-8-15(24)12-18(19)23/h2-12H,13H2,1H3,(H,25,27)(H,26,28). The second-order valence-electron chi connectivity index (χ2n) is 6.28. The predicted molar refractivity (Wildman–Crippen MR) is 119 cm³/mol. The molecule has 2 amide bonds. The van der Waals surface area contributed by atoms with Crippen LogP contribution in [-0.2, 0) is 4.79 Å². The predicted octanol–water partition coefficient (Wildman–Crippen LogP) is 5.88. The van der Waals surface area contributed by atoms with Gasteiger partial charge in [0, 0.05) is 15.1 Å². The first kappa shape index (κ1) is 21.1. The summed E-state index contributed by atoms with van der Waals surface area (Å²) in [4.78, 5) is 25.6. The first-order valence-electron chi connectivity index (χ1n) is 8.77. The number of carbonyl (C=O) groups is 2. The summed E-state index contributed by atoms with van der Waals surface area (Å²) < 4.78 is 13.7. The van der Waals surface area contributed by atoms with Crippen LogP contribution in [0.5, 0.6) is 0 Å². The molecule has 148 valence electrons. The van der Waals surface area contributed by atoms with Gasteiger partial charge in [0.25, 0.3) is 5.91 Å². The van der Waals surface area contributed by atoms with Crippen LogP contribution in [0, 0.1) is 12.7 Å². The summed E-state index contributed by atoms with van der Waals surface area (Å²) in [7, 11) is 0. The number of anilines is 2. The van der Waals surface area contributed by atoms with Crippen LogP contribution in [-0.4, -0.2) is 17.6 Å². The maximum Gasteiger partial charge on any atom is 0.256 e. The average molecular weight is 473 g/mol. The lowest BCUT2D eigenvalue weighted by atomic mass is 10.2. The molecule has 0 saturated heterocycles. The van der Waals surface area contributed by atoms with E-state index in [9.17, 15) is 14.0 Å². The fourth-order valence-corrected chi connectivity index (χ4v) is 3.84. The third-order valence-electron chi connectivity index (χ3n) is 4.01. The van der Waals surface area contributed by atoms with E-state index in [2.05, 4.69) is 26.6 Å². The summed E-state index contributed by atoms with van der Waals surface area (Å²) >= 11 is 4.52. The molecular weight excluding hydrogens is 455 g/mol. The minimum Gasteiger partial charge on any atom is -0.325 e. The monoisotopic (exact) mass is 472 g/mol. The zero-order valence-electron chi connectivity index (χ0n) is 15.5. The van der Waals surface area contributed by atoms with Crippen molar-refractivity contribution in [3.05, 3.63) is 88.1 Å². The van der Waals surface area contributed by atoms with Crippen molar-refractivity contribution in [3.63, 3.8) is 0 Å². The van der Waals surface area contributed by atoms with Crippen molar-refractivity contribution in [2.24, 2.45) is 0 Å². The number of benzene rings is 3. The summed E-state index contributed by atoms with van der Waals surface area (Å²) in [6.07, 6.45) is 0. The third-order valence-corrected chi connectivity index (χ3v) is 5.73. The fourth-order valence-electron chi connectivity index (χ4n) is 2.54. The molecule has 0 saturated carbocycles. The Balaban J connectivity index is 1.65. The SMILES string of the molecule is Cc1ccc(NC(=O)CSc2ccccc2C(=O)Nc2ccc(F)cc2Br)cc1. The van der Waals surface area contributed by atoms with E-state index in [1.165, 1.54) is 30.0 Å². The van der Waals surface area contributed by atoms with Crippen molar-refractivity contribution in [3.8, 4) is 0 Å². The number of aryl methyl sites for hydroxylation is 1. The van der Waals surface area contributed by atoms with E-state index in [-0.39, 0.29) is 17.6 Å². The van der Waals surface area contributed by atoms with Crippen molar-refractivity contribution >= 4 is 50.9 Å². The summed E-state index contributed by atoms with van der Waals surface area (Å²) in [6.45, 7) is 1.98. The van der Waals surface area contributed by atoms with Crippen LogP contribution < -0.4 is 10.6 Å². The molecular formula is C22H18BrFN2O2S. The van der Waals surface area contributed by atoms with Gasteiger partial charge in [-0.25, -0.2) is 4.39 Å². The Bertz CT molecular complexity index is 1040. The molecule has 3 rings (SSSR count). The molecule has 0 bridgehead atoms. The summed E-state index contributed by atoms with van der Waals surface area (Å²) in [5.74, 6) is -0.724. The fraction of sp³-hybridized carbons (Fsp3) is 0.0909. The zero-order chi connectivity index (χ0) is 20.8. The topological polar surface area (TPSA) is 58.2 Å². The first-order chi connectivity index (χ1) is 13.9. The molecule has 0 radical (unpaired) electrons. The second-order valence-corrected chi connectivity index (χ2v) is 8.15. The smallest absolute Gasteiger partial charge is 0.256 e. The van der Waals surface area contributed by atoms with Gasteiger partial charge in [-0.05, 0) is 65.3 Å². The van der Waals surface area contributed by atoms with Gasteiger partial charge in [-0.15, -0.1) is 11.8 Å². The lowest BCUT2D eigenvalue weighted by Gasteiger charge is -2.11. The third kappa shape index (κ3) is 5.92. The molecule has 0 heterocycles. The maximum atomic E-state index is 13.2. The molecule has 0 aromatic heterocycles. The number of nitrogens with one attached hydrogen (secondary N) is 2. The van der Waals surface area contributed by atoms with Crippen molar-refractivity contribution in [2.75, 3.05) is 16.4 Å². The van der Waals surface area contributed by atoms with Gasteiger partial charge in [0.15, 0.2) is 0 Å². The van der Waals surface area contributed by atoms with Gasteiger partial charge in [0.05, 0.1) is 17.0 Å². The summed E-state index contributed by atoms with van der Waals surface area (Å²) in [5, 5.41) is 5.60. The number of amides is 2. The van der Waals surface area contributed by atoms with Gasteiger partial charge in [-0.3, -0.25) is 9.59 Å². The van der Waals surface area contributed by atoms with E-state index in [1.54, 1.807) is 18.2 Å². The van der Waals surface area contributed by atoms with E-state index >= 15 is 0 Å². The van der Waals surface area contributed by atoms with Gasteiger partial charge in [-0.1, -0.05) is 29.8 Å². The first-order valence-corrected chi connectivity index (χ1v) is 10.5. The molecule has 29 heavy (non-hydrogen) atoms. The van der Waals surface area contributed by atoms with Crippen LogP contribution in [0.1, 0.15) is 15.9 Å². The van der Waals surface area contributed by atoms with Crippen LogP contribution >= 0.6 is 27.7 Å². The summed E-state index contributed by atoms with van der Waals surface area (Å²) in [5.41, 5.74) is 2.75. The highest BCUT2D eigenvalue weighted by Crippen LogP contribution is 2.27. The molecule has 7 heteroatoms. The molecule has 3 aromatic rings. The Morgan fingerprint density at radius 2 is 1.72 bits per heavy atom. The van der Waals surface area contributed by atoms with Gasteiger partial charge in [-0.2, -0.15) is 0 Å². The number of hydrogen-bond donors (Lipinski definition) is 2. The van der Waals surface area contributed by atoms with Crippen molar-refractivity contribution < 1.29 is 14.0 Å². The molecule has 0 spiro atoms. The van der Waals surface area contributed by atoms with E-state index in [0.717, 1.165) is 11.3 Å². The Kier molecular flexibility index (Phi) is 7.06. The lowest BCUT2D eigenvalue weighted by molar-refractivity contribution is -0.113. The van der Waals surface area contributed by atoms with Crippen LogP contribution in [0.2, 0.25) is 0 Å². The Morgan fingerprint density at radius 1 is 1.00 bits per heavy atom. The number of rotatable bonds is 6. The molecule has 0 atom stereocenters. The van der Waals surface area contributed by atoms with E-state index in [1.807, 2.05) is 37.3 Å². The van der Waals surface area contributed by atoms with Crippen molar-refractivity contribution in [1.82, 2.24) is 0 Å². The molecule has 0 fully saturated rings. The van der Waals surface area contributed by atoms with Crippen LogP contribution in [0.25, 0.3) is 0 Å². The quantitative estimate of drug-likeness (QED) is 0.440. The lowest BCUT2D eigenvalue weighted by Crippen LogP contribution is -2.16. The zero-order valence-corrected chi connectivity index (χ0v) is 17.9. The second kappa shape index (κ2) is 9.71. The minimum atomic E-state index is -0.398. The molecule has 0 aliphatic heterocycles. The number of thioether (sulfide) groups is 1. The normalized spacial score (nSPS) is 10.4. The van der Waals surface area contributed by atoms with E-state index in [0.29, 0.717) is 20.6 Å². The molecule has 3 aromatic carbocycles. The highest BCUT2D eigenvalue weighted by molar-refractivity contribution is 9.10. The largest absolute Gasteiger partial charge is 0.325 e. The van der Waals surface area contributed by atoms with E-state index in [4.69, 9.17) is 0 Å². The molecule has 4 nitrogen and oxygen atoms in total. The number of carbonyl (C=O) groups excluding carboxylic acids is 2. The minimum absolute atomic E-state index is 0.157. The van der Waals surface area contributed by atoms with Gasteiger partial charge >= 0.3 is 0 Å². The highest BCUT2D eigenvalue weighted by atomic mass is 79.9. The average Bonchev–Trinajstić information content (AvgIpc) is 2.70. The van der Waals surface area contributed by atoms with Crippen LogP contribution in [0.3, 0.4) is 0 Å². The van der Waals surface area contributed by atoms with Crippen LogP contribution in [0.4, 0.5) is 15.8 Å². The van der Waals surface area contributed by atoms with Crippen molar-refractivity contribution in [1.29, 1.82) is 0 Å². The Hall–Kier alpha value is -2.64. The molecule has 0 unspecified atom stereocenters. The molecule has 0 aliphatic rings. The van der Waals surface area contributed by atoms with Gasteiger partial charge < -0.3 is 10.6 Å².